The predicted octanol–water partition coefficient (Wildman–Crippen LogP) is 2.41. The quantitative estimate of drug-likeness (QED) is 0.569. The van der Waals surface area contributed by atoms with Crippen molar-refractivity contribution in [3.05, 3.63) is 35.9 Å². The smallest absolute Gasteiger partial charge is 0.211 e. The average molecular weight is 225 g/mol. The molecular weight excluding hydrogens is 208 g/mol. The largest absolute Gasteiger partial charge is 0.289 e. The van der Waals surface area contributed by atoms with E-state index in [1.165, 1.54) is 0 Å². The van der Waals surface area contributed by atoms with E-state index in [9.17, 15) is 9.00 Å². The Labute approximate surface area is 92.1 Å². The molecule has 0 N–H and O–H groups in total. The van der Waals surface area contributed by atoms with Crippen LogP contribution in [0.4, 0.5) is 0 Å². The maximum Gasteiger partial charge on any atom is 0.211 e. The second-order valence-electron chi connectivity index (χ2n) is 3.48. The van der Waals surface area contributed by atoms with E-state index in [1.54, 1.807) is 12.1 Å². The number of hydrogen-bond acceptors (Lipinski definition) is 2. The topological polar surface area (TPSA) is 34.1 Å². The van der Waals surface area contributed by atoms with Crippen molar-refractivity contribution in [3.63, 3.8) is 0 Å². The second-order valence-corrected chi connectivity index (χ2v) is 6.85. The number of Topliss-reactive ketones (excluding diaryl/α,β-unsaturated/α-hetero) is 1. The lowest BCUT2D eigenvalue weighted by atomic mass is 10.2. The van der Waals surface area contributed by atoms with Crippen molar-refractivity contribution in [3.8, 4) is 0 Å². The first kappa shape index (κ1) is 12.1. The summed E-state index contributed by atoms with van der Waals surface area (Å²) >= 11 is 0. The summed E-state index contributed by atoms with van der Waals surface area (Å²) < 4.78 is 12.1. The van der Waals surface area contributed by atoms with Crippen LogP contribution in [0.5, 0.6) is 0 Å². The summed E-state index contributed by atoms with van der Waals surface area (Å²) in [6, 6.07) is 9.06. The van der Waals surface area contributed by atoms with Gasteiger partial charge >= 0.3 is 0 Å². The number of hydrogen-bond donors (Lipinski definition) is 0. The Balaban J connectivity index is 2.76. The van der Waals surface area contributed by atoms with Gasteiger partial charge in [0.25, 0.3) is 0 Å². The van der Waals surface area contributed by atoms with Gasteiger partial charge in [-0.2, -0.15) is 0 Å². The molecule has 82 valence electrons. The van der Waals surface area contributed by atoms with Crippen molar-refractivity contribution in [2.75, 3.05) is 17.3 Å². The van der Waals surface area contributed by atoms with Crippen LogP contribution in [0.2, 0.25) is 0 Å². The first-order valence-electron chi connectivity index (χ1n) is 5.17. The van der Waals surface area contributed by atoms with E-state index in [-0.39, 0.29) is 11.5 Å². The number of rotatable bonds is 5. The highest BCUT2D eigenvalue weighted by molar-refractivity contribution is 8.03. The van der Waals surface area contributed by atoms with Crippen LogP contribution in [0.3, 0.4) is 0 Å². The Morgan fingerprint density at radius 1 is 1.13 bits per heavy atom. The van der Waals surface area contributed by atoms with Crippen LogP contribution < -0.4 is 0 Å². The van der Waals surface area contributed by atoms with Crippen LogP contribution in [0, 0.1) is 0 Å². The van der Waals surface area contributed by atoms with Gasteiger partial charge in [-0.05, 0) is 13.8 Å². The van der Waals surface area contributed by atoms with Gasteiger partial charge in [0.1, 0.15) is 11.5 Å². The molecule has 0 atom stereocenters. The Kier molecular flexibility index (Phi) is 4.21. The number of carbonyl (C=O) groups excluding carboxylic acids is 1. The molecule has 3 heteroatoms. The number of benzene rings is 1. The number of ketones is 1. The van der Waals surface area contributed by atoms with Crippen molar-refractivity contribution in [1.82, 2.24) is 0 Å². The fourth-order valence-electron chi connectivity index (χ4n) is 1.35. The minimum absolute atomic E-state index is 0.00991. The van der Waals surface area contributed by atoms with Crippen molar-refractivity contribution in [1.29, 1.82) is 0 Å². The lowest BCUT2D eigenvalue weighted by Crippen LogP contribution is -2.26. The predicted molar refractivity (Wildman–Crippen MR) is 64.8 cm³/mol. The maximum absolute atomic E-state index is 12.1. The first-order chi connectivity index (χ1) is 7.11. The molecule has 0 aliphatic heterocycles. The van der Waals surface area contributed by atoms with Gasteiger partial charge < -0.3 is 0 Å². The molecule has 0 unspecified atom stereocenters. The zero-order valence-corrected chi connectivity index (χ0v) is 10.0. The highest BCUT2D eigenvalue weighted by Crippen LogP contribution is 2.09. The fourth-order valence-corrected chi connectivity index (χ4v) is 2.82. The molecule has 15 heavy (non-hydrogen) atoms. The highest BCUT2D eigenvalue weighted by Gasteiger charge is 2.27. The first-order valence-corrected chi connectivity index (χ1v) is 7.23. The molecule has 0 amide bonds. The van der Waals surface area contributed by atoms with Crippen LogP contribution in [0.25, 0.3) is 0 Å². The molecule has 1 aromatic carbocycles. The average Bonchev–Trinajstić information content (AvgIpc) is 2.30. The number of carbonyl (C=O) groups is 1. The highest BCUT2D eigenvalue weighted by atomic mass is 32.2. The van der Waals surface area contributed by atoms with Crippen LogP contribution in [-0.4, -0.2) is 23.0 Å². The third-order valence-corrected chi connectivity index (χ3v) is 5.43. The summed E-state index contributed by atoms with van der Waals surface area (Å²) in [7, 11) is -1.96. The fraction of sp³-hybridized carbons (Fsp3) is 0.417. The summed E-state index contributed by atoms with van der Waals surface area (Å²) in [5.41, 5.74) is 0.659. The summed E-state index contributed by atoms with van der Waals surface area (Å²) in [6.45, 7) is 3.76. The third kappa shape index (κ3) is 3.27. The molecule has 1 rings (SSSR count). The van der Waals surface area contributed by atoms with E-state index in [4.69, 9.17) is 0 Å². The Bertz CT molecular complexity index is 362. The van der Waals surface area contributed by atoms with Crippen molar-refractivity contribution in [2.45, 2.75) is 13.8 Å². The Morgan fingerprint density at radius 3 is 2.13 bits per heavy atom. The van der Waals surface area contributed by atoms with Gasteiger partial charge in [-0.1, -0.05) is 30.3 Å². The minimum Gasteiger partial charge on any atom is -0.289 e. The van der Waals surface area contributed by atoms with E-state index in [2.05, 4.69) is 0 Å². The van der Waals surface area contributed by atoms with Crippen LogP contribution in [0.15, 0.2) is 30.3 Å². The van der Waals surface area contributed by atoms with E-state index in [0.29, 0.717) is 17.1 Å². The van der Waals surface area contributed by atoms with Crippen LogP contribution >= 0.6 is 0 Å². The Morgan fingerprint density at radius 2 is 1.67 bits per heavy atom. The molecule has 0 saturated carbocycles. The molecule has 0 bridgehead atoms. The molecular formula is C12H17O2S+. The van der Waals surface area contributed by atoms with Gasteiger partial charge in [0.2, 0.25) is 5.78 Å². The second kappa shape index (κ2) is 5.21. The summed E-state index contributed by atoms with van der Waals surface area (Å²) in [6.07, 6.45) is 0. The van der Waals surface area contributed by atoms with Crippen molar-refractivity contribution < 1.29 is 9.00 Å². The molecule has 0 aliphatic rings. The van der Waals surface area contributed by atoms with Gasteiger partial charge in [0.05, 0.1) is 9.93 Å². The van der Waals surface area contributed by atoms with Crippen LogP contribution in [-0.2, 0) is 14.1 Å². The molecule has 1 aromatic rings. The van der Waals surface area contributed by atoms with E-state index >= 15 is 0 Å². The molecule has 0 radical (unpaired) electrons. The SMILES string of the molecule is CC[S+](=O)(CC)CC(=O)c1ccccc1. The van der Waals surface area contributed by atoms with Gasteiger partial charge in [0, 0.05) is 5.56 Å². The summed E-state index contributed by atoms with van der Waals surface area (Å²) in [5, 5.41) is 0. The molecule has 2 nitrogen and oxygen atoms in total. The molecule has 0 aliphatic carbocycles. The van der Waals surface area contributed by atoms with Crippen LogP contribution in [0.1, 0.15) is 24.2 Å². The normalized spacial score (nSPS) is 11.3. The molecule has 0 fully saturated rings. The van der Waals surface area contributed by atoms with Crippen molar-refractivity contribution in [2.24, 2.45) is 0 Å². The monoisotopic (exact) mass is 225 g/mol. The summed E-state index contributed by atoms with van der Waals surface area (Å²) in [4.78, 5) is 11.8. The lowest BCUT2D eigenvalue weighted by molar-refractivity contribution is 0.102. The van der Waals surface area contributed by atoms with Gasteiger partial charge in [-0.25, -0.2) is 0 Å². The zero-order valence-electron chi connectivity index (χ0n) is 9.23. The Hall–Kier alpha value is -0.960. The molecule has 0 saturated heterocycles. The van der Waals surface area contributed by atoms with Crippen molar-refractivity contribution >= 4 is 15.7 Å². The maximum atomic E-state index is 12.1. The van der Waals surface area contributed by atoms with Gasteiger partial charge in [0.15, 0.2) is 5.75 Å². The van der Waals surface area contributed by atoms with E-state index < -0.39 is 9.93 Å². The molecule has 0 heterocycles. The van der Waals surface area contributed by atoms with E-state index in [1.807, 2.05) is 32.0 Å². The van der Waals surface area contributed by atoms with Gasteiger partial charge in [-0.3, -0.25) is 4.79 Å². The lowest BCUT2D eigenvalue weighted by Gasteiger charge is -2.07. The third-order valence-electron chi connectivity index (χ3n) is 2.54. The van der Waals surface area contributed by atoms with E-state index in [0.717, 1.165) is 0 Å². The zero-order chi connectivity index (χ0) is 11.3. The van der Waals surface area contributed by atoms with Gasteiger partial charge in [-0.15, -0.1) is 4.21 Å². The molecule has 0 spiro atoms. The minimum atomic E-state index is -1.96. The summed E-state index contributed by atoms with van der Waals surface area (Å²) in [5.74, 6) is 1.35. The standard InChI is InChI=1S/C12H17O2S/c1-3-15(14,4-2)10-12(13)11-8-6-5-7-9-11/h5-9H,3-4,10H2,1-2H3/q+1. The molecule has 0 aromatic heterocycles.